The molecular weight excluding hydrogens is 466 g/mol. The summed E-state index contributed by atoms with van der Waals surface area (Å²) in [5.74, 6) is -0.170. The molecule has 36 heavy (non-hydrogen) atoms. The molecule has 5 rings (SSSR count). The van der Waals surface area contributed by atoms with Crippen molar-refractivity contribution in [2.24, 2.45) is 0 Å². The number of benzene rings is 3. The summed E-state index contributed by atoms with van der Waals surface area (Å²) < 4.78 is 0.729. The Bertz CT molecular complexity index is 1600. The number of nitrogen functional groups attached to an aromatic ring is 1. The predicted octanol–water partition coefficient (Wildman–Crippen LogP) is 6.40. The molecule has 7 heteroatoms. The molecular formula is C29H23N5OS. The summed E-state index contributed by atoms with van der Waals surface area (Å²) in [7, 11) is 0. The topological polar surface area (TPSA) is 104 Å². The molecule has 3 aromatic carbocycles. The van der Waals surface area contributed by atoms with E-state index in [9.17, 15) is 10.1 Å². The van der Waals surface area contributed by atoms with Gasteiger partial charge in [-0.05, 0) is 35.7 Å². The lowest BCUT2D eigenvalue weighted by atomic mass is 10.00. The first kappa shape index (κ1) is 23.1. The largest absolute Gasteiger partial charge is 0.383 e. The van der Waals surface area contributed by atoms with Gasteiger partial charge in [-0.25, -0.2) is 4.98 Å². The number of aromatic nitrogens is 1. The number of pyridine rings is 1. The monoisotopic (exact) mass is 489 g/mol. The zero-order chi connectivity index (χ0) is 25.1. The molecule has 176 valence electrons. The van der Waals surface area contributed by atoms with Crippen LogP contribution >= 0.6 is 11.3 Å². The number of nitrogens with two attached hydrogens (primary N) is 1. The van der Waals surface area contributed by atoms with Crippen LogP contribution in [0.1, 0.15) is 27.0 Å². The first-order chi connectivity index (χ1) is 17.5. The fraction of sp³-hybridized carbons (Fsp3) is 0.0690. The third-order valence-electron chi connectivity index (χ3n) is 5.82. The molecule has 0 fully saturated rings. The second-order valence-electron chi connectivity index (χ2n) is 8.37. The molecule has 2 aromatic heterocycles. The first-order valence-electron chi connectivity index (χ1n) is 11.4. The number of carbonyl (C=O) groups excluding carboxylic acids is 1. The average molecular weight is 490 g/mol. The molecule has 4 N–H and O–H groups in total. The van der Waals surface area contributed by atoms with Gasteiger partial charge in [0.25, 0.3) is 5.91 Å². The van der Waals surface area contributed by atoms with Crippen molar-refractivity contribution in [3.05, 3.63) is 107 Å². The minimum atomic E-state index is -0.268. The number of nitrogens with one attached hydrogen (secondary N) is 2. The van der Waals surface area contributed by atoms with E-state index in [-0.39, 0.29) is 11.7 Å². The van der Waals surface area contributed by atoms with E-state index >= 15 is 0 Å². The molecule has 0 aliphatic carbocycles. The molecule has 2 heterocycles. The van der Waals surface area contributed by atoms with Gasteiger partial charge in [-0.3, -0.25) is 4.79 Å². The van der Waals surface area contributed by atoms with Crippen molar-refractivity contribution in [2.75, 3.05) is 11.1 Å². The van der Waals surface area contributed by atoms with E-state index in [0.29, 0.717) is 33.8 Å². The average Bonchev–Trinajstić information content (AvgIpc) is 3.24. The lowest BCUT2D eigenvalue weighted by Gasteiger charge is -2.10. The number of hydrogen-bond acceptors (Lipinski definition) is 6. The van der Waals surface area contributed by atoms with Crippen LogP contribution < -0.4 is 16.4 Å². The van der Waals surface area contributed by atoms with Gasteiger partial charge in [-0.2, -0.15) is 5.26 Å². The summed E-state index contributed by atoms with van der Waals surface area (Å²) in [6, 6.07) is 29.5. The van der Waals surface area contributed by atoms with Gasteiger partial charge in [0, 0.05) is 17.8 Å². The summed E-state index contributed by atoms with van der Waals surface area (Å²) in [6.07, 6.45) is 0. The molecule has 0 unspecified atom stereocenters. The number of hydrogen-bond donors (Lipinski definition) is 3. The highest BCUT2D eigenvalue weighted by molar-refractivity contribution is 7.24. The van der Waals surface area contributed by atoms with E-state index in [0.717, 1.165) is 27.1 Å². The fourth-order valence-electron chi connectivity index (χ4n) is 4.13. The second-order valence-corrected chi connectivity index (χ2v) is 9.39. The highest BCUT2D eigenvalue weighted by atomic mass is 32.1. The Hall–Kier alpha value is -4.67. The van der Waals surface area contributed by atoms with E-state index < -0.39 is 0 Å². The van der Waals surface area contributed by atoms with E-state index in [4.69, 9.17) is 5.73 Å². The lowest BCUT2D eigenvalue weighted by Crippen LogP contribution is -2.23. The summed E-state index contributed by atoms with van der Waals surface area (Å²) in [6.45, 7) is 2.39. The number of carbonyl (C=O) groups is 1. The molecule has 0 spiro atoms. The summed E-state index contributed by atoms with van der Waals surface area (Å²) in [5, 5.41) is 17.0. The van der Waals surface area contributed by atoms with Crippen molar-refractivity contribution < 1.29 is 4.79 Å². The molecule has 0 aliphatic heterocycles. The van der Waals surface area contributed by atoms with Gasteiger partial charge in [0.15, 0.2) is 0 Å². The number of fused-ring (bicyclic) bond motifs is 1. The van der Waals surface area contributed by atoms with Crippen LogP contribution in [0.5, 0.6) is 0 Å². The summed E-state index contributed by atoms with van der Waals surface area (Å²) in [4.78, 5) is 18.1. The molecule has 6 nitrogen and oxygen atoms in total. The first-order valence-corrected chi connectivity index (χ1v) is 12.2. The number of thiophene rings is 1. The molecule has 0 saturated carbocycles. The summed E-state index contributed by atoms with van der Waals surface area (Å²) in [5.41, 5.74) is 11.9. The van der Waals surface area contributed by atoms with Crippen molar-refractivity contribution in [3.8, 4) is 17.2 Å². The van der Waals surface area contributed by atoms with Crippen molar-refractivity contribution in [1.29, 1.82) is 5.26 Å². The van der Waals surface area contributed by atoms with Crippen molar-refractivity contribution in [1.82, 2.24) is 10.3 Å². The second kappa shape index (κ2) is 9.90. The smallest absolute Gasteiger partial charge is 0.256 e. The van der Waals surface area contributed by atoms with Crippen LogP contribution in [-0.2, 0) is 6.54 Å². The minimum absolute atomic E-state index is 0.0980. The van der Waals surface area contributed by atoms with Crippen molar-refractivity contribution >= 4 is 44.0 Å². The normalized spacial score (nSPS) is 10.7. The van der Waals surface area contributed by atoms with Gasteiger partial charge < -0.3 is 16.4 Å². The maximum absolute atomic E-state index is 13.6. The number of nitrogens with zero attached hydrogens (tertiary/aromatic N) is 2. The quantitative estimate of drug-likeness (QED) is 0.256. The van der Waals surface area contributed by atoms with Crippen molar-refractivity contribution in [2.45, 2.75) is 13.5 Å². The van der Waals surface area contributed by atoms with Crippen LogP contribution in [0.4, 0.5) is 16.5 Å². The van der Waals surface area contributed by atoms with Gasteiger partial charge in [0.2, 0.25) is 0 Å². The van der Waals surface area contributed by atoms with Gasteiger partial charge in [-0.15, -0.1) is 11.3 Å². The molecule has 0 aliphatic rings. The molecule has 0 saturated heterocycles. The van der Waals surface area contributed by atoms with E-state index in [1.165, 1.54) is 11.3 Å². The lowest BCUT2D eigenvalue weighted by molar-refractivity contribution is 0.0953. The van der Waals surface area contributed by atoms with E-state index in [2.05, 4.69) is 21.7 Å². The van der Waals surface area contributed by atoms with Crippen LogP contribution in [0.2, 0.25) is 0 Å². The number of aryl methyl sites for hydroxylation is 1. The molecule has 0 atom stereocenters. The van der Waals surface area contributed by atoms with Crippen LogP contribution in [0, 0.1) is 18.3 Å². The van der Waals surface area contributed by atoms with Gasteiger partial charge in [0.1, 0.15) is 28.0 Å². The Balaban J connectivity index is 1.69. The molecule has 0 radical (unpaired) electrons. The standard InChI is InChI=1S/C29H23N5OS/c1-18-9-8-14-21(15-18)33-29-24(28(35)32-17-19-10-4-2-5-11-19)25-26(36-29)23(20-12-6-3-7-13-20)22(16-30)27(31)34-25/h2-15,33H,17H2,1H3,(H2,31,34)(H,32,35). The highest BCUT2D eigenvalue weighted by Gasteiger charge is 2.26. The van der Waals surface area contributed by atoms with E-state index in [1.54, 1.807) is 0 Å². The van der Waals surface area contributed by atoms with Gasteiger partial charge >= 0.3 is 0 Å². The summed E-state index contributed by atoms with van der Waals surface area (Å²) >= 11 is 1.39. The van der Waals surface area contributed by atoms with Gasteiger partial charge in [-0.1, -0.05) is 72.8 Å². The SMILES string of the molecule is Cc1cccc(Nc2sc3c(-c4ccccc4)c(C#N)c(N)nc3c2C(=O)NCc2ccccc2)c1. The van der Waals surface area contributed by atoms with Crippen molar-refractivity contribution in [3.63, 3.8) is 0 Å². The van der Waals surface area contributed by atoms with Crippen LogP contribution in [0.15, 0.2) is 84.9 Å². The number of rotatable bonds is 6. The Morgan fingerprint density at radius 2 is 1.75 bits per heavy atom. The molecule has 0 bridgehead atoms. The maximum Gasteiger partial charge on any atom is 0.256 e. The zero-order valence-corrected chi connectivity index (χ0v) is 20.4. The maximum atomic E-state index is 13.6. The van der Waals surface area contributed by atoms with Gasteiger partial charge in [0.05, 0.1) is 10.2 Å². The fourth-order valence-corrected chi connectivity index (χ4v) is 5.36. The Kier molecular flexibility index (Phi) is 6.35. The van der Waals surface area contributed by atoms with E-state index in [1.807, 2.05) is 91.9 Å². The Morgan fingerprint density at radius 1 is 1.03 bits per heavy atom. The van der Waals surface area contributed by atoms with Crippen LogP contribution in [0.25, 0.3) is 21.3 Å². The van der Waals surface area contributed by atoms with Crippen LogP contribution in [-0.4, -0.2) is 10.9 Å². The van der Waals surface area contributed by atoms with Crippen LogP contribution in [0.3, 0.4) is 0 Å². The number of anilines is 3. The number of amides is 1. The Morgan fingerprint density at radius 3 is 2.44 bits per heavy atom. The Labute approximate surface area is 213 Å². The third kappa shape index (κ3) is 4.50. The molecule has 1 amide bonds. The minimum Gasteiger partial charge on any atom is -0.383 e. The highest BCUT2D eigenvalue weighted by Crippen LogP contribution is 2.44. The molecule has 5 aromatic rings. The predicted molar refractivity (Wildman–Crippen MR) is 146 cm³/mol. The zero-order valence-electron chi connectivity index (χ0n) is 19.6. The third-order valence-corrected chi connectivity index (χ3v) is 6.93. The number of nitriles is 1.